The van der Waals surface area contributed by atoms with Gasteiger partial charge in [-0.05, 0) is 43.5 Å². The lowest BCUT2D eigenvalue weighted by Crippen LogP contribution is -2.36. The van der Waals surface area contributed by atoms with Gasteiger partial charge in [-0.1, -0.05) is 6.07 Å². The highest BCUT2D eigenvalue weighted by atomic mass is 16.3. The Hall–Kier alpha value is -1.02. The van der Waals surface area contributed by atoms with E-state index in [0.717, 1.165) is 25.9 Å². The van der Waals surface area contributed by atoms with Crippen molar-refractivity contribution >= 4 is 5.69 Å². The number of hydrogen-bond acceptors (Lipinski definition) is 2. The maximum Gasteiger partial charge on any atom is 0.0574 e. The molecule has 0 aliphatic carbocycles. The molecule has 2 nitrogen and oxygen atoms in total. The lowest BCUT2D eigenvalue weighted by atomic mass is 10.1. The van der Waals surface area contributed by atoms with Gasteiger partial charge in [-0.25, -0.2) is 0 Å². The molecule has 0 aromatic heterocycles. The Morgan fingerprint density at radius 3 is 2.79 bits per heavy atom. The summed E-state index contributed by atoms with van der Waals surface area (Å²) in [5, 5.41) is 9.41. The Labute approximate surface area is 85.2 Å². The minimum Gasteiger partial charge on any atom is -0.393 e. The van der Waals surface area contributed by atoms with E-state index in [0.29, 0.717) is 0 Å². The van der Waals surface area contributed by atoms with Crippen molar-refractivity contribution in [1.82, 2.24) is 0 Å². The topological polar surface area (TPSA) is 23.5 Å². The third kappa shape index (κ3) is 1.90. The number of piperidine rings is 1. The summed E-state index contributed by atoms with van der Waals surface area (Å²) in [4.78, 5) is 2.34. The first-order valence-electron chi connectivity index (χ1n) is 5.17. The van der Waals surface area contributed by atoms with Crippen molar-refractivity contribution in [2.75, 3.05) is 18.0 Å². The number of nitrogens with zero attached hydrogens (tertiary/aromatic N) is 1. The second-order valence-corrected chi connectivity index (χ2v) is 3.93. The number of anilines is 1. The zero-order chi connectivity index (χ0) is 9.97. The molecule has 1 heterocycles. The van der Waals surface area contributed by atoms with E-state index >= 15 is 0 Å². The van der Waals surface area contributed by atoms with Crippen molar-refractivity contribution in [3.05, 3.63) is 29.8 Å². The fourth-order valence-corrected chi connectivity index (χ4v) is 1.97. The van der Waals surface area contributed by atoms with E-state index in [1.165, 1.54) is 11.3 Å². The molecule has 2 heteroatoms. The minimum atomic E-state index is -0.0955. The number of rotatable bonds is 1. The molecule has 0 unspecified atom stereocenters. The van der Waals surface area contributed by atoms with Crippen LogP contribution in [0.5, 0.6) is 0 Å². The van der Waals surface area contributed by atoms with E-state index in [2.05, 4.69) is 24.0 Å². The van der Waals surface area contributed by atoms with Crippen LogP contribution in [-0.4, -0.2) is 24.3 Å². The number of aliphatic hydroxyl groups is 1. The van der Waals surface area contributed by atoms with Gasteiger partial charge in [-0.3, -0.25) is 0 Å². The summed E-state index contributed by atoms with van der Waals surface area (Å²) in [5.74, 6) is 0. The summed E-state index contributed by atoms with van der Waals surface area (Å²) in [5.41, 5.74) is 2.56. The van der Waals surface area contributed by atoms with Crippen molar-refractivity contribution in [2.24, 2.45) is 0 Å². The number of aryl methyl sites for hydroxylation is 1. The molecule has 1 aliphatic heterocycles. The first-order chi connectivity index (χ1) is 6.77. The summed E-state index contributed by atoms with van der Waals surface area (Å²) < 4.78 is 0. The van der Waals surface area contributed by atoms with Gasteiger partial charge in [0.25, 0.3) is 0 Å². The van der Waals surface area contributed by atoms with Crippen LogP contribution in [0.2, 0.25) is 0 Å². The third-order valence-corrected chi connectivity index (χ3v) is 2.85. The van der Waals surface area contributed by atoms with Gasteiger partial charge in [0, 0.05) is 18.8 Å². The maximum absolute atomic E-state index is 9.41. The van der Waals surface area contributed by atoms with E-state index < -0.39 is 0 Å². The zero-order valence-electron chi connectivity index (χ0n) is 8.53. The Morgan fingerprint density at radius 1 is 1.43 bits per heavy atom. The summed E-state index contributed by atoms with van der Waals surface area (Å²) in [7, 11) is 0. The molecule has 1 fully saturated rings. The minimum absolute atomic E-state index is 0.0955. The molecule has 14 heavy (non-hydrogen) atoms. The van der Waals surface area contributed by atoms with Gasteiger partial charge < -0.3 is 10.0 Å². The molecule has 1 aromatic rings. The second kappa shape index (κ2) is 4.01. The quantitative estimate of drug-likeness (QED) is 0.729. The monoisotopic (exact) mass is 190 g/mol. The molecule has 0 amide bonds. The fraction of sp³-hybridized carbons (Fsp3) is 0.500. The molecule has 0 atom stereocenters. The van der Waals surface area contributed by atoms with Crippen LogP contribution in [0.25, 0.3) is 0 Å². The van der Waals surface area contributed by atoms with Crippen LogP contribution in [0.4, 0.5) is 5.69 Å². The second-order valence-electron chi connectivity index (χ2n) is 3.93. The normalized spacial score (nSPS) is 18.6. The summed E-state index contributed by atoms with van der Waals surface area (Å²) in [6.07, 6.45) is 1.68. The van der Waals surface area contributed by atoms with Crippen molar-refractivity contribution in [2.45, 2.75) is 25.9 Å². The molecule has 0 spiro atoms. The molecule has 0 saturated carbocycles. The van der Waals surface area contributed by atoms with Gasteiger partial charge in [-0.2, -0.15) is 0 Å². The molecule has 1 N–H and O–H groups in total. The Morgan fingerprint density at radius 2 is 2.14 bits per heavy atom. The molecule has 1 aromatic carbocycles. The van der Waals surface area contributed by atoms with Crippen LogP contribution in [0.3, 0.4) is 0 Å². The fourth-order valence-electron chi connectivity index (χ4n) is 1.97. The largest absolute Gasteiger partial charge is 0.393 e. The molecule has 1 radical (unpaired) electrons. The van der Waals surface area contributed by atoms with Gasteiger partial charge in [0.15, 0.2) is 0 Å². The third-order valence-electron chi connectivity index (χ3n) is 2.85. The molecule has 1 saturated heterocycles. The Balaban J connectivity index is 2.12. The molecular formula is C12H16NO. The predicted octanol–water partition coefficient (Wildman–Crippen LogP) is 1.76. The van der Waals surface area contributed by atoms with E-state index in [1.807, 2.05) is 12.1 Å². The molecule has 0 bridgehead atoms. The molecule has 1 aliphatic rings. The lowest BCUT2D eigenvalue weighted by molar-refractivity contribution is 0.145. The van der Waals surface area contributed by atoms with Crippen molar-refractivity contribution < 1.29 is 5.11 Å². The maximum atomic E-state index is 9.41. The van der Waals surface area contributed by atoms with Crippen LogP contribution in [0.1, 0.15) is 18.4 Å². The van der Waals surface area contributed by atoms with Gasteiger partial charge in [0.1, 0.15) is 0 Å². The van der Waals surface area contributed by atoms with Crippen LogP contribution in [0.15, 0.2) is 18.2 Å². The van der Waals surface area contributed by atoms with E-state index in [1.54, 1.807) is 0 Å². The highest BCUT2D eigenvalue weighted by molar-refractivity contribution is 5.52. The summed E-state index contributed by atoms with van der Waals surface area (Å²) in [6, 6.07) is 9.14. The van der Waals surface area contributed by atoms with Gasteiger partial charge in [0.05, 0.1) is 6.10 Å². The average molecular weight is 190 g/mol. The number of benzene rings is 1. The Kier molecular flexibility index (Phi) is 2.73. The highest BCUT2D eigenvalue weighted by Gasteiger charge is 2.17. The average Bonchev–Trinajstić information content (AvgIpc) is 2.20. The molecule has 75 valence electrons. The number of hydrogen-bond donors (Lipinski definition) is 1. The predicted molar refractivity (Wildman–Crippen MR) is 57.5 cm³/mol. The zero-order valence-corrected chi connectivity index (χ0v) is 8.53. The van der Waals surface area contributed by atoms with E-state index in [-0.39, 0.29) is 6.10 Å². The molecule has 2 rings (SSSR count). The van der Waals surface area contributed by atoms with Crippen LogP contribution >= 0.6 is 0 Å². The van der Waals surface area contributed by atoms with Gasteiger partial charge in [0.2, 0.25) is 0 Å². The van der Waals surface area contributed by atoms with Crippen molar-refractivity contribution in [1.29, 1.82) is 0 Å². The Bertz CT molecular complexity index is 303. The van der Waals surface area contributed by atoms with Gasteiger partial charge in [-0.15, -0.1) is 0 Å². The summed E-state index contributed by atoms with van der Waals surface area (Å²) in [6.45, 7) is 4.04. The summed E-state index contributed by atoms with van der Waals surface area (Å²) >= 11 is 0. The number of aliphatic hydroxyl groups excluding tert-OH is 1. The highest BCUT2D eigenvalue weighted by Crippen LogP contribution is 2.22. The van der Waals surface area contributed by atoms with Crippen LogP contribution in [-0.2, 0) is 0 Å². The smallest absolute Gasteiger partial charge is 0.0574 e. The van der Waals surface area contributed by atoms with Crippen molar-refractivity contribution in [3.8, 4) is 0 Å². The first kappa shape index (κ1) is 9.53. The van der Waals surface area contributed by atoms with Crippen molar-refractivity contribution in [3.63, 3.8) is 0 Å². The molecular weight excluding hydrogens is 174 g/mol. The first-order valence-corrected chi connectivity index (χ1v) is 5.17. The standard InChI is InChI=1S/C12H16NO/c1-10-4-2-3-5-12(10)13-8-6-11(14)7-9-13/h3-5,11,14H,6-9H2,1H3. The SMILES string of the molecule is Cc1c[c]ccc1N1CCC(O)CC1. The lowest BCUT2D eigenvalue weighted by Gasteiger charge is -2.32. The van der Waals surface area contributed by atoms with Gasteiger partial charge >= 0.3 is 0 Å². The van der Waals surface area contributed by atoms with E-state index in [9.17, 15) is 5.11 Å². The van der Waals surface area contributed by atoms with E-state index in [4.69, 9.17) is 0 Å². The van der Waals surface area contributed by atoms with Crippen LogP contribution in [0, 0.1) is 13.0 Å². The van der Waals surface area contributed by atoms with Crippen LogP contribution < -0.4 is 4.90 Å².